The fraction of sp³-hybridized carbons (Fsp3) is 0.800. The normalized spacial score (nSPS) is 9.88. The largest absolute Gasteiger partial charge is 1.00 e. The molecule has 0 radical (unpaired) electrons. The van der Waals surface area contributed by atoms with Crippen molar-refractivity contribution < 1.29 is 39.5 Å². The number of carboxylic acids is 1. The molecule has 0 unspecified atom stereocenters. The zero-order valence-electron chi connectivity index (χ0n) is 5.82. The van der Waals surface area contributed by atoms with Crippen molar-refractivity contribution in [3.05, 3.63) is 0 Å². The number of aliphatic carboxylic acids is 1. The Morgan fingerprint density at radius 2 is 1.50 bits per heavy atom. The third-order valence-corrected chi connectivity index (χ3v) is 0.612. The molecule has 0 aromatic rings. The van der Waals surface area contributed by atoms with E-state index in [9.17, 15) is 9.90 Å². The summed E-state index contributed by atoms with van der Waals surface area (Å²) in [7, 11) is 0. The summed E-state index contributed by atoms with van der Waals surface area (Å²) in [6, 6.07) is 0. The molecule has 8 heavy (non-hydrogen) atoms. The van der Waals surface area contributed by atoms with Gasteiger partial charge in [0.15, 0.2) is 0 Å². The molecule has 0 aliphatic rings. The Morgan fingerprint density at radius 3 is 1.50 bits per heavy atom. The SMILES string of the molecule is CC(C)(C)[13C](=O)[O-].[Na+]. The number of carbonyl (C=O) groups excluding carboxylic acids is 1. The molecule has 0 spiro atoms. The van der Waals surface area contributed by atoms with Crippen LogP contribution in [0.15, 0.2) is 0 Å². The minimum atomic E-state index is -1.01. The molecule has 0 atom stereocenters. The first-order chi connectivity index (χ1) is 2.94. The van der Waals surface area contributed by atoms with Gasteiger partial charge < -0.3 is 9.90 Å². The number of carbonyl (C=O) groups is 1. The Balaban J connectivity index is 0. The van der Waals surface area contributed by atoms with Crippen LogP contribution in [-0.4, -0.2) is 5.97 Å². The van der Waals surface area contributed by atoms with Crippen molar-refractivity contribution in [2.45, 2.75) is 20.8 Å². The molecule has 0 heterocycles. The monoisotopic (exact) mass is 125 g/mol. The third-order valence-electron chi connectivity index (χ3n) is 0.612. The van der Waals surface area contributed by atoms with E-state index in [1.165, 1.54) is 0 Å². The van der Waals surface area contributed by atoms with Gasteiger partial charge in [-0.25, -0.2) is 0 Å². The van der Waals surface area contributed by atoms with Crippen LogP contribution < -0.4 is 34.7 Å². The van der Waals surface area contributed by atoms with Crippen molar-refractivity contribution in [3.63, 3.8) is 0 Å². The van der Waals surface area contributed by atoms with Gasteiger partial charge in [-0.2, -0.15) is 0 Å². The van der Waals surface area contributed by atoms with Crippen molar-refractivity contribution in [1.29, 1.82) is 0 Å². The van der Waals surface area contributed by atoms with E-state index < -0.39 is 11.4 Å². The first-order valence-corrected chi connectivity index (χ1v) is 2.16. The second-order valence-corrected chi connectivity index (χ2v) is 2.54. The molecular formula is C5H9NaO2. The molecule has 0 aliphatic heterocycles. The van der Waals surface area contributed by atoms with Crippen LogP contribution in [0.2, 0.25) is 0 Å². The van der Waals surface area contributed by atoms with E-state index in [1.54, 1.807) is 20.8 Å². The molecule has 0 amide bonds. The maximum atomic E-state index is 9.91. The fourth-order valence-electron chi connectivity index (χ4n) is 0. The standard InChI is InChI=1S/C5H10O2.Na/c1-5(2,3)4(6)7;/h1-3H3,(H,6,7);/q;+1/p-1/i4+1;. The van der Waals surface area contributed by atoms with Crippen molar-refractivity contribution in [3.8, 4) is 0 Å². The average molecular weight is 125 g/mol. The zero-order chi connectivity index (χ0) is 6.08. The van der Waals surface area contributed by atoms with Crippen LogP contribution in [0.3, 0.4) is 0 Å². The van der Waals surface area contributed by atoms with Gasteiger partial charge in [-0.1, -0.05) is 20.8 Å². The first-order valence-electron chi connectivity index (χ1n) is 2.16. The summed E-state index contributed by atoms with van der Waals surface area (Å²) in [6.45, 7) is 4.80. The maximum absolute atomic E-state index is 9.91. The Hall–Kier alpha value is 0.470. The predicted molar refractivity (Wildman–Crippen MR) is 24.5 cm³/mol. The van der Waals surface area contributed by atoms with Crippen LogP contribution >= 0.6 is 0 Å². The Kier molecular flexibility index (Phi) is 4.92. The van der Waals surface area contributed by atoms with Crippen LogP contribution in [0.25, 0.3) is 0 Å². The number of rotatable bonds is 0. The van der Waals surface area contributed by atoms with E-state index in [4.69, 9.17) is 0 Å². The van der Waals surface area contributed by atoms with Gasteiger partial charge in [0, 0.05) is 11.4 Å². The third kappa shape index (κ3) is 4.62. The van der Waals surface area contributed by atoms with Gasteiger partial charge >= 0.3 is 29.6 Å². The summed E-state index contributed by atoms with van der Waals surface area (Å²) < 4.78 is 0. The number of hydrogen-bond acceptors (Lipinski definition) is 2. The van der Waals surface area contributed by atoms with Crippen LogP contribution in [-0.2, 0) is 4.79 Å². The van der Waals surface area contributed by atoms with Gasteiger partial charge in [-0.3, -0.25) is 0 Å². The van der Waals surface area contributed by atoms with E-state index in [0.29, 0.717) is 0 Å². The summed E-state index contributed by atoms with van der Waals surface area (Å²) in [4.78, 5) is 9.91. The topological polar surface area (TPSA) is 40.1 Å². The van der Waals surface area contributed by atoms with E-state index in [2.05, 4.69) is 0 Å². The predicted octanol–water partition coefficient (Wildman–Crippen LogP) is -3.21. The van der Waals surface area contributed by atoms with E-state index >= 15 is 0 Å². The summed E-state index contributed by atoms with van der Waals surface area (Å²) in [6.07, 6.45) is 0. The molecule has 0 rings (SSSR count). The molecule has 0 aromatic heterocycles. The average Bonchev–Trinajstić information content (AvgIpc) is 1.31. The molecule has 3 heteroatoms. The minimum Gasteiger partial charge on any atom is -0.550 e. The summed E-state index contributed by atoms with van der Waals surface area (Å²) in [5.41, 5.74) is -0.694. The summed E-state index contributed by atoms with van der Waals surface area (Å²) >= 11 is 0. The van der Waals surface area contributed by atoms with Crippen molar-refractivity contribution in [2.75, 3.05) is 0 Å². The first kappa shape index (κ1) is 11.3. The van der Waals surface area contributed by atoms with Crippen LogP contribution in [0.4, 0.5) is 0 Å². The molecule has 42 valence electrons. The smallest absolute Gasteiger partial charge is 0.550 e. The van der Waals surface area contributed by atoms with Crippen molar-refractivity contribution in [2.24, 2.45) is 5.41 Å². The molecule has 0 saturated carbocycles. The van der Waals surface area contributed by atoms with Gasteiger partial charge in [-0.15, -0.1) is 0 Å². The Bertz CT molecular complexity index is 82.9. The van der Waals surface area contributed by atoms with E-state index in [0.717, 1.165) is 0 Å². The molecule has 0 N–H and O–H groups in total. The van der Waals surface area contributed by atoms with E-state index in [-0.39, 0.29) is 29.6 Å². The molecule has 0 bridgehead atoms. The van der Waals surface area contributed by atoms with Crippen molar-refractivity contribution >= 4 is 5.97 Å². The van der Waals surface area contributed by atoms with Gasteiger partial charge in [-0.05, 0) is 0 Å². The Labute approximate surface area is 71.6 Å². The number of carboxylic acid groups (broad SMARTS) is 1. The second kappa shape index (κ2) is 3.49. The summed E-state index contributed by atoms with van der Waals surface area (Å²) in [5.74, 6) is -1.01. The van der Waals surface area contributed by atoms with Gasteiger partial charge in [0.2, 0.25) is 0 Å². The van der Waals surface area contributed by atoms with Gasteiger partial charge in [0.05, 0.1) is 0 Å². The van der Waals surface area contributed by atoms with Crippen LogP contribution in [0, 0.1) is 5.41 Å². The van der Waals surface area contributed by atoms with Crippen LogP contribution in [0.1, 0.15) is 20.8 Å². The molecule has 0 aromatic carbocycles. The molecule has 0 fully saturated rings. The molecule has 2 nitrogen and oxygen atoms in total. The Morgan fingerprint density at radius 1 is 1.38 bits per heavy atom. The van der Waals surface area contributed by atoms with Crippen molar-refractivity contribution in [1.82, 2.24) is 0 Å². The summed E-state index contributed by atoms with van der Waals surface area (Å²) in [5, 5.41) is 9.91. The second-order valence-electron chi connectivity index (χ2n) is 2.54. The number of hydrogen-bond donors (Lipinski definition) is 0. The minimum absolute atomic E-state index is 0. The quantitative estimate of drug-likeness (QED) is 0.252. The maximum Gasteiger partial charge on any atom is 1.00 e. The van der Waals surface area contributed by atoms with Gasteiger partial charge in [0.25, 0.3) is 0 Å². The molecular weight excluding hydrogens is 116 g/mol. The van der Waals surface area contributed by atoms with E-state index in [1.807, 2.05) is 0 Å². The fourth-order valence-corrected chi connectivity index (χ4v) is 0. The van der Waals surface area contributed by atoms with Crippen LogP contribution in [0.5, 0.6) is 0 Å². The molecule has 0 saturated heterocycles. The zero-order valence-corrected chi connectivity index (χ0v) is 7.82. The van der Waals surface area contributed by atoms with Gasteiger partial charge in [0.1, 0.15) is 0 Å². The molecule has 0 aliphatic carbocycles.